The molecule has 0 unspecified atom stereocenters. The van der Waals surface area contributed by atoms with Crippen LogP contribution in [0.2, 0.25) is 5.02 Å². The van der Waals surface area contributed by atoms with Crippen molar-refractivity contribution < 1.29 is 9.13 Å². The maximum absolute atomic E-state index is 14.5. The molecule has 22 heavy (non-hydrogen) atoms. The fourth-order valence-electron chi connectivity index (χ4n) is 2.16. The van der Waals surface area contributed by atoms with Crippen LogP contribution in [0, 0.1) is 5.82 Å². The van der Waals surface area contributed by atoms with Gasteiger partial charge in [0.05, 0.1) is 5.56 Å². The number of benzene rings is 2. The van der Waals surface area contributed by atoms with E-state index in [4.69, 9.17) is 16.3 Å². The molecule has 1 nitrogen and oxygen atoms in total. The topological polar surface area (TPSA) is 9.23 Å². The molecule has 0 amide bonds. The summed E-state index contributed by atoms with van der Waals surface area (Å²) in [4.78, 5) is 0. The Morgan fingerprint density at radius 2 is 1.95 bits per heavy atom. The van der Waals surface area contributed by atoms with Crippen molar-refractivity contribution >= 4 is 17.7 Å². The minimum Gasteiger partial charge on any atom is -0.485 e. The minimum absolute atomic E-state index is 0.243. The zero-order chi connectivity index (χ0) is 16.1. The molecule has 0 aliphatic carbocycles. The van der Waals surface area contributed by atoms with Gasteiger partial charge in [-0.15, -0.1) is 0 Å². The van der Waals surface area contributed by atoms with Crippen molar-refractivity contribution in [3.63, 3.8) is 0 Å². The van der Waals surface area contributed by atoms with E-state index in [2.05, 4.69) is 6.58 Å². The lowest BCUT2D eigenvalue weighted by Crippen LogP contribution is -2.10. The van der Waals surface area contributed by atoms with Crippen molar-refractivity contribution in [1.82, 2.24) is 0 Å². The normalized spacial score (nSPS) is 12.4. The van der Waals surface area contributed by atoms with Crippen LogP contribution in [0.1, 0.15) is 19.4 Å². The summed E-state index contributed by atoms with van der Waals surface area (Å²) in [6.45, 7) is 7.47. The molecule has 0 radical (unpaired) electrons. The van der Waals surface area contributed by atoms with Gasteiger partial charge in [-0.05, 0) is 32.0 Å². The predicted molar refractivity (Wildman–Crippen MR) is 91.8 cm³/mol. The molecule has 0 aliphatic heterocycles. The van der Waals surface area contributed by atoms with E-state index in [1.165, 1.54) is 6.07 Å². The van der Waals surface area contributed by atoms with Gasteiger partial charge < -0.3 is 4.74 Å². The van der Waals surface area contributed by atoms with Crippen LogP contribution in [0.5, 0.6) is 5.75 Å². The van der Waals surface area contributed by atoms with E-state index >= 15 is 0 Å². The van der Waals surface area contributed by atoms with E-state index in [0.29, 0.717) is 21.9 Å². The van der Waals surface area contributed by atoms with Gasteiger partial charge in [-0.1, -0.05) is 54.6 Å². The fraction of sp³-hybridized carbons (Fsp3) is 0.158. The molecule has 0 aromatic heterocycles. The molecule has 0 saturated carbocycles. The average molecular weight is 317 g/mol. The Labute approximate surface area is 135 Å². The summed E-state index contributed by atoms with van der Waals surface area (Å²) in [6, 6.07) is 10.3. The quantitative estimate of drug-likeness (QED) is 0.603. The molecule has 2 aromatic rings. The maximum atomic E-state index is 14.5. The largest absolute Gasteiger partial charge is 0.485 e. The van der Waals surface area contributed by atoms with Crippen molar-refractivity contribution in [3.8, 4) is 16.9 Å². The van der Waals surface area contributed by atoms with Gasteiger partial charge in [-0.3, -0.25) is 0 Å². The average Bonchev–Trinajstić information content (AvgIpc) is 2.51. The van der Waals surface area contributed by atoms with Gasteiger partial charge in [0.25, 0.3) is 0 Å². The third-order valence-corrected chi connectivity index (χ3v) is 3.59. The van der Waals surface area contributed by atoms with Gasteiger partial charge in [-0.2, -0.15) is 0 Å². The predicted octanol–water partition coefficient (Wildman–Crippen LogP) is 6.13. The second-order valence-electron chi connectivity index (χ2n) is 4.88. The van der Waals surface area contributed by atoms with Crippen LogP contribution < -0.4 is 4.74 Å². The van der Waals surface area contributed by atoms with E-state index in [1.54, 1.807) is 24.3 Å². The molecule has 2 aromatic carbocycles. The highest BCUT2D eigenvalue weighted by Gasteiger charge is 2.19. The summed E-state index contributed by atoms with van der Waals surface area (Å²) in [5, 5.41) is 0.482. The van der Waals surface area contributed by atoms with Crippen LogP contribution in [-0.4, -0.2) is 6.10 Å². The summed E-state index contributed by atoms with van der Waals surface area (Å²) in [5.74, 6) is 0.103. The summed E-state index contributed by atoms with van der Waals surface area (Å²) in [5.41, 5.74) is 1.78. The van der Waals surface area contributed by atoms with Crippen LogP contribution >= 0.6 is 11.6 Å². The zero-order valence-electron chi connectivity index (χ0n) is 12.6. The molecular formula is C19H18ClFO. The smallest absolute Gasteiger partial charge is 0.138 e. The second-order valence-corrected chi connectivity index (χ2v) is 5.29. The van der Waals surface area contributed by atoms with Crippen molar-refractivity contribution in [1.29, 1.82) is 0 Å². The Morgan fingerprint density at radius 1 is 1.23 bits per heavy atom. The highest BCUT2D eigenvalue weighted by atomic mass is 35.5. The molecule has 0 spiro atoms. The van der Waals surface area contributed by atoms with Gasteiger partial charge in [0.2, 0.25) is 0 Å². The van der Waals surface area contributed by atoms with E-state index < -0.39 is 0 Å². The van der Waals surface area contributed by atoms with Crippen LogP contribution in [0.25, 0.3) is 17.2 Å². The van der Waals surface area contributed by atoms with Gasteiger partial charge >= 0.3 is 0 Å². The summed E-state index contributed by atoms with van der Waals surface area (Å²) in [6.07, 6.45) is 5.19. The Hall–Kier alpha value is -2.06. The van der Waals surface area contributed by atoms with Crippen LogP contribution in [0.15, 0.2) is 55.1 Å². The van der Waals surface area contributed by atoms with E-state index in [-0.39, 0.29) is 11.9 Å². The maximum Gasteiger partial charge on any atom is 0.138 e. The Kier molecular flexibility index (Phi) is 5.40. The van der Waals surface area contributed by atoms with Crippen molar-refractivity contribution in [2.24, 2.45) is 0 Å². The number of ether oxygens (including phenoxy) is 1. The first-order chi connectivity index (χ1) is 10.6. The molecule has 0 N–H and O–H groups in total. The summed E-state index contributed by atoms with van der Waals surface area (Å²) in [7, 11) is 0. The first-order valence-electron chi connectivity index (χ1n) is 7.07. The van der Waals surface area contributed by atoms with E-state index in [1.807, 2.05) is 38.1 Å². The number of allylic oxidation sites excluding steroid dienone is 1. The molecule has 1 atom stereocenters. The molecule has 0 aliphatic rings. The third-order valence-electron chi connectivity index (χ3n) is 3.26. The zero-order valence-corrected chi connectivity index (χ0v) is 13.4. The molecule has 2 rings (SSSR count). The highest BCUT2D eigenvalue weighted by molar-refractivity contribution is 6.33. The minimum atomic E-state index is -0.368. The fourth-order valence-corrected chi connectivity index (χ4v) is 2.39. The van der Waals surface area contributed by atoms with Crippen molar-refractivity contribution in [2.45, 2.75) is 20.0 Å². The first-order valence-corrected chi connectivity index (χ1v) is 7.45. The number of rotatable bonds is 5. The molecular weight excluding hydrogens is 299 g/mol. The summed E-state index contributed by atoms with van der Waals surface area (Å²) >= 11 is 6.24. The van der Waals surface area contributed by atoms with Crippen LogP contribution in [0.3, 0.4) is 0 Å². The lowest BCUT2D eigenvalue weighted by Gasteiger charge is -2.19. The monoisotopic (exact) mass is 316 g/mol. The Bertz CT molecular complexity index is 707. The SMILES string of the molecule is C=C[C@@H](C)Oc1c(C=CC)ccc(F)c1-c1ccccc1Cl. The van der Waals surface area contributed by atoms with Gasteiger partial charge in [-0.25, -0.2) is 4.39 Å². The van der Waals surface area contributed by atoms with Gasteiger partial charge in [0.15, 0.2) is 0 Å². The number of hydrogen-bond acceptors (Lipinski definition) is 1. The Balaban J connectivity index is 2.72. The first kappa shape index (κ1) is 16.3. The third kappa shape index (κ3) is 3.40. The number of hydrogen-bond donors (Lipinski definition) is 0. The van der Waals surface area contributed by atoms with E-state index in [0.717, 1.165) is 5.56 Å². The Morgan fingerprint density at radius 3 is 2.59 bits per heavy atom. The molecule has 0 saturated heterocycles. The van der Waals surface area contributed by atoms with Gasteiger partial charge in [0.1, 0.15) is 17.7 Å². The van der Waals surface area contributed by atoms with Crippen LogP contribution in [-0.2, 0) is 0 Å². The summed E-state index contributed by atoms with van der Waals surface area (Å²) < 4.78 is 20.4. The standard InChI is InChI=1S/C19H18ClFO/c1-4-8-14-11-12-17(21)18(19(14)22-13(3)5-2)15-9-6-7-10-16(15)20/h4-13H,2H2,1,3H3/t13-/m1/s1. The molecule has 114 valence electrons. The molecule has 0 heterocycles. The molecule has 0 fully saturated rings. The van der Waals surface area contributed by atoms with Crippen molar-refractivity contribution in [2.75, 3.05) is 0 Å². The molecule has 0 bridgehead atoms. The lowest BCUT2D eigenvalue weighted by molar-refractivity contribution is 0.270. The van der Waals surface area contributed by atoms with Gasteiger partial charge in [0, 0.05) is 16.1 Å². The highest BCUT2D eigenvalue weighted by Crippen LogP contribution is 2.40. The second kappa shape index (κ2) is 7.28. The molecule has 3 heteroatoms. The van der Waals surface area contributed by atoms with E-state index in [9.17, 15) is 4.39 Å². The number of halogens is 2. The lowest BCUT2D eigenvalue weighted by atomic mass is 10.00. The van der Waals surface area contributed by atoms with Crippen LogP contribution in [0.4, 0.5) is 4.39 Å². The van der Waals surface area contributed by atoms with Crippen molar-refractivity contribution in [3.05, 3.63) is 71.5 Å².